The van der Waals surface area contributed by atoms with Gasteiger partial charge in [0.2, 0.25) is 0 Å². The Hall–Kier alpha value is -1.15. The molecule has 1 aromatic rings. The maximum Gasteiger partial charge on any atom is 0.150 e. The third-order valence-electron chi connectivity index (χ3n) is 1.18. The Bertz CT molecular complexity index is 251. The minimum Gasteiger partial charge on any atom is -0.394 e. The van der Waals surface area contributed by atoms with Crippen LogP contribution in [0, 0.1) is 6.92 Å². The summed E-state index contributed by atoms with van der Waals surface area (Å²) < 4.78 is 0. The number of aryl methyl sites for hydroxylation is 1. The lowest BCUT2D eigenvalue weighted by Gasteiger charge is -1.89. The van der Waals surface area contributed by atoms with Crippen molar-refractivity contribution in [1.29, 1.82) is 0 Å². The summed E-state index contributed by atoms with van der Waals surface area (Å²) >= 11 is 0. The molecule has 0 radical (unpaired) electrons. The van der Waals surface area contributed by atoms with Gasteiger partial charge >= 0.3 is 0 Å². The Morgan fingerprint density at radius 2 is 1.92 bits per heavy atom. The van der Waals surface area contributed by atoms with Crippen LogP contribution in [0.4, 0.5) is 0 Å². The van der Waals surface area contributed by atoms with E-state index in [1.165, 1.54) is 0 Å². The summed E-state index contributed by atoms with van der Waals surface area (Å²) in [6.45, 7) is 5.41. The highest BCUT2D eigenvalue weighted by Gasteiger charge is 1.86. The molecule has 2 nitrogen and oxygen atoms in total. The lowest BCUT2D eigenvalue weighted by Crippen LogP contribution is -1.85. The number of aliphatic hydroxyl groups excluding tert-OH is 1. The third kappa shape index (κ3) is 7.22. The van der Waals surface area contributed by atoms with Crippen LogP contribution in [0.2, 0.25) is 0 Å². The van der Waals surface area contributed by atoms with Crippen LogP contribution in [0.3, 0.4) is 0 Å². The number of carbonyl (C=O) groups is 1. The molecule has 0 aliphatic carbocycles. The van der Waals surface area contributed by atoms with Crippen molar-refractivity contribution in [2.75, 3.05) is 0 Å². The highest BCUT2D eigenvalue weighted by atomic mass is 16.3. The Kier molecular flexibility index (Phi) is 5.81. The van der Waals surface area contributed by atoms with Gasteiger partial charge in [-0.25, -0.2) is 0 Å². The molecular weight excluding hydrogens is 164 g/mol. The molecule has 0 aliphatic rings. The van der Waals surface area contributed by atoms with Crippen molar-refractivity contribution in [3.05, 3.63) is 35.4 Å². The molecule has 0 aromatic heterocycles. The van der Waals surface area contributed by atoms with Crippen molar-refractivity contribution in [1.82, 2.24) is 0 Å². The summed E-state index contributed by atoms with van der Waals surface area (Å²) in [5, 5.41) is 8.06. The molecular formula is C11H16O2. The second-order valence-electron chi connectivity index (χ2n) is 3.13. The monoisotopic (exact) mass is 180 g/mol. The summed E-state index contributed by atoms with van der Waals surface area (Å²) in [6.07, 6.45) is 0.688. The fourth-order valence-corrected chi connectivity index (χ4v) is 0.743. The predicted octanol–water partition coefficient (Wildman–Crippen LogP) is 2.19. The van der Waals surface area contributed by atoms with E-state index in [0.29, 0.717) is 0 Å². The molecule has 13 heavy (non-hydrogen) atoms. The van der Waals surface area contributed by atoms with Gasteiger partial charge in [-0.05, 0) is 26.8 Å². The van der Waals surface area contributed by atoms with Crippen LogP contribution in [0.25, 0.3) is 0 Å². The number of aliphatic hydroxyl groups is 1. The predicted molar refractivity (Wildman–Crippen MR) is 53.9 cm³/mol. The summed E-state index contributed by atoms with van der Waals surface area (Å²) in [5.74, 6) is 0. The second-order valence-corrected chi connectivity index (χ2v) is 3.13. The van der Waals surface area contributed by atoms with E-state index >= 15 is 0 Å². The van der Waals surface area contributed by atoms with E-state index in [0.717, 1.165) is 17.4 Å². The first-order valence-electron chi connectivity index (χ1n) is 4.26. The standard InChI is InChI=1S/C8H8O.C3H8O/c1-7-3-2-4-8(5-7)6-9;1-3(2)4/h2-6H,1H3;3-4H,1-2H3. The summed E-state index contributed by atoms with van der Waals surface area (Å²) in [4.78, 5) is 10.2. The molecule has 0 spiro atoms. The Balaban J connectivity index is 0.000000310. The van der Waals surface area contributed by atoms with E-state index in [1.54, 1.807) is 19.9 Å². The van der Waals surface area contributed by atoms with Gasteiger partial charge in [0.25, 0.3) is 0 Å². The van der Waals surface area contributed by atoms with E-state index in [9.17, 15) is 4.79 Å². The minimum atomic E-state index is -0.167. The van der Waals surface area contributed by atoms with Gasteiger partial charge in [-0.1, -0.05) is 23.8 Å². The van der Waals surface area contributed by atoms with Crippen LogP contribution < -0.4 is 0 Å². The zero-order chi connectivity index (χ0) is 10.3. The van der Waals surface area contributed by atoms with Gasteiger partial charge in [-0.3, -0.25) is 4.79 Å². The summed E-state index contributed by atoms with van der Waals surface area (Å²) in [6, 6.07) is 7.49. The number of carbonyl (C=O) groups excluding carboxylic acids is 1. The molecule has 1 aromatic carbocycles. The number of hydrogen-bond donors (Lipinski definition) is 1. The van der Waals surface area contributed by atoms with Gasteiger partial charge in [0.1, 0.15) is 6.29 Å². The van der Waals surface area contributed by atoms with Gasteiger partial charge in [0.15, 0.2) is 0 Å². The maximum atomic E-state index is 10.2. The zero-order valence-corrected chi connectivity index (χ0v) is 8.32. The molecule has 0 amide bonds. The van der Waals surface area contributed by atoms with Crippen LogP contribution in [0.5, 0.6) is 0 Å². The normalized spacial score (nSPS) is 9.00. The van der Waals surface area contributed by atoms with E-state index in [-0.39, 0.29) is 6.10 Å². The lowest BCUT2D eigenvalue weighted by atomic mass is 10.2. The molecule has 72 valence electrons. The minimum absolute atomic E-state index is 0.167. The first-order chi connectivity index (χ1) is 6.06. The Morgan fingerprint density at radius 3 is 2.23 bits per heavy atom. The Morgan fingerprint density at radius 1 is 1.38 bits per heavy atom. The van der Waals surface area contributed by atoms with E-state index < -0.39 is 0 Å². The van der Waals surface area contributed by atoms with Crippen molar-refractivity contribution in [3.8, 4) is 0 Å². The van der Waals surface area contributed by atoms with E-state index in [4.69, 9.17) is 5.11 Å². The van der Waals surface area contributed by atoms with Crippen LogP contribution in [0.1, 0.15) is 29.8 Å². The average Bonchev–Trinajstić information content (AvgIpc) is 2.03. The van der Waals surface area contributed by atoms with Crippen LogP contribution in [-0.4, -0.2) is 17.5 Å². The van der Waals surface area contributed by atoms with Gasteiger partial charge in [-0.15, -0.1) is 0 Å². The molecule has 0 aliphatic heterocycles. The van der Waals surface area contributed by atoms with Crippen LogP contribution in [-0.2, 0) is 0 Å². The van der Waals surface area contributed by atoms with Gasteiger partial charge in [-0.2, -0.15) is 0 Å². The molecule has 0 unspecified atom stereocenters. The molecule has 0 heterocycles. The number of benzene rings is 1. The molecule has 0 saturated carbocycles. The topological polar surface area (TPSA) is 37.3 Å². The molecule has 0 atom stereocenters. The zero-order valence-electron chi connectivity index (χ0n) is 8.32. The van der Waals surface area contributed by atoms with Gasteiger partial charge < -0.3 is 5.11 Å². The first-order valence-corrected chi connectivity index (χ1v) is 4.26. The highest BCUT2D eigenvalue weighted by Crippen LogP contribution is 1.99. The second kappa shape index (κ2) is 6.38. The van der Waals surface area contributed by atoms with E-state index in [2.05, 4.69) is 0 Å². The maximum absolute atomic E-state index is 10.2. The molecule has 1 N–H and O–H groups in total. The van der Waals surface area contributed by atoms with Crippen LogP contribution in [0.15, 0.2) is 24.3 Å². The molecule has 1 rings (SSSR count). The number of hydrogen-bond acceptors (Lipinski definition) is 2. The number of rotatable bonds is 1. The smallest absolute Gasteiger partial charge is 0.150 e. The largest absolute Gasteiger partial charge is 0.394 e. The first kappa shape index (κ1) is 11.8. The highest BCUT2D eigenvalue weighted by molar-refractivity contribution is 5.74. The SMILES string of the molecule is CC(C)O.Cc1cccc(C=O)c1. The molecule has 0 fully saturated rings. The average molecular weight is 180 g/mol. The summed E-state index contributed by atoms with van der Waals surface area (Å²) in [7, 11) is 0. The molecule has 0 saturated heterocycles. The van der Waals surface area contributed by atoms with Crippen molar-refractivity contribution < 1.29 is 9.90 Å². The van der Waals surface area contributed by atoms with Crippen molar-refractivity contribution in [2.45, 2.75) is 26.9 Å². The van der Waals surface area contributed by atoms with Crippen LogP contribution >= 0.6 is 0 Å². The van der Waals surface area contributed by atoms with Crippen molar-refractivity contribution in [3.63, 3.8) is 0 Å². The fraction of sp³-hybridized carbons (Fsp3) is 0.364. The van der Waals surface area contributed by atoms with Crippen molar-refractivity contribution in [2.24, 2.45) is 0 Å². The molecule has 0 bridgehead atoms. The molecule has 2 heteroatoms. The quantitative estimate of drug-likeness (QED) is 0.673. The van der Waals surface area contributed by atoms with E-state index in [1.807, 2.05) is 25.1 Å². The lowest BCUT2D eigenvalue weighted by molar-refractivity contribution is 0.112. The number of aldehydes is 1. The Labute approximate surface area is 79.2 Å². The third-order valence-corrected chi connectivity index (χ3v) is 1.18. The fourth-order valence-electron chi connectivity index (χ4n) is 0.743. The van der Waals surface area contributed by atoms with Gasteiger partial charge in [0, 0.05) is 11.7 Å². The van der Waals surface area contributed by atoms with Crippen molar-refractivity contribution >= 4 is 6.29 Å². The summed E-state index contributed by atoms with van der Waals surface area (Å²) in [5.41, 5.74) is 1.87. The van der Waals surface area contributed by atoms with Gasteiger partial charge in [0.05, 0.1) is 0 Å².